The summed E-state index contributed by atoms with van der Waals surface area (Å²) in [6, 6.07) is 21.3. The number of nitrogens with one attached hydrogen (secondary N) is 2. The normalized spacial score (nSPS) is 11.8. The zero-order valence-electron chi connectivity index (χ0n) is 25.6. The van der Waals surface area contributed by atoms with Gasteiger partial charge in [-0.15, -0.1) is 0 Å². The van der Waals surface area contributed by atoms with Crippen LogP contribution >= 0.6 is 0 Å². The van der Waals surface area contributed by atoms with Crippen LogP contribution in [0.15, 0.2) is 77.7 Å². The number of ether oxygens (including phenoxy) is 1. The lowest BCUT2D eigenvalue weighted by atomic mass is 10.1. The number of nitrogens with zero attached hydrogens (tertiary/aromatic N) is 3. The lowest BCUT2D eigenvalue weighted by Crippen LogP contribution is -2.53. The molecule has 0 saturated carbocycles. The van der Waals surface area contributed by atoms with Crippen LogP contribution in [-0.2, 0) is 14.8 Å². The molecule has 0 aliphatic carbocycles. The molecule has 0 saturated heterocycles. The van der Waals surface area contributed by atoms with Crippen molar-refractivity contribution >= 4 is 33.5 Å². The van der Waals surface area contributed by atoms with Gasteiger partial charge in [-0.1, -0.05) is 43.3 Å². The van der Waals surface area contributed by atoms with Crippen LogP contribution in [0.1, 0.15) is 60.5 Å². The first-order valence-electron chi connectivity index (χ1n) is 13.9. The Bertz CT molecular complexity index is 1600. The number of hydrogen-bond acceptors (Lipinski definition) is 6. The van der Waals surface area contributed by atoms with Crippen LogP contribution in [-0.4, -0.2) is 43.2 Å². The number of rotatable bonds is 7. The Morgan fingerprint density at radius 1 is 0.930 bits per heavy atom. The molecule has 43 heavy (non-hydrogen) atoms. The number of hydrazine groups is 1. The lowest BCUT2D eigenvalue weighted by molar-refractivity contribution is 0.0492. The third-order valence-corrected chi connectivity index (χ3v) is 7.58. The van der Waals surface area contributed by atoms with Crippen molar-refractivity contribution in [1.29, 1.82) is 5.26 Å². The number of carbonyl (C=O) groups is 2. The topological polar surface area (TPSA) is 132 Å². The SMILES string of the molecule is CCCN(C(=O)Nc1ccc(-c2ccccc2S(=O)(=O)NC(C)(C)C)cc1)N(C(=O)OC(C)(C)C)c1cccc(C#N)c1. The molecule has 3 rings (SSSR count). The number of nitriles is 1. The molecule has 0 aliphatic rings. The number of urea groups is 1. The Morgan fingerprint density at radius 2 is 1.58 bits per heavy atom. The van der Waals surface area contributed by atoms with E-state index >= 15 is 0 Å². The summed E-state index contributed by atoms with van der Waals surface area (Å²) in [7, 11) is -3.80. The minimum absolute atomic E-state index is 0.142. The molecule has 0 atom stereocenters. The summed E-state index contributed by atoms with van der Waals surface area (Å²) in [6.45, 7) is 12.5. The third kappa shape index (κ3) is 9.04. The van der Waals surface area contributed by atoms with E-state index in [4.69, 9.17) is 4.74 Å². The summed E-state index contributed by atoms with van der Waals surface area (Å²) in [4.78, 5) is 27.1. The number of sulfonamides is 1. The van der Waals surface area contributed by atoms with Gasteiger partial charge in [0.25, 0.3) is 0 Å². The van der Waals surface area contributed by atoms with Gasteiger partial charge in [-0.05, 0) is 89.9 Å². The highest BCUT2D eigenvalue weighted by Crippen LogP contribution is 2.29. The van der Waals surface area contributed by atoms with Gasteiger partial charge < -0.3 is 10.1 Å². The van der Waals surface area contributed by atoms with Crippen molar-refractivity contribution in [2.75, 3.05) is 16.9 Å². The van der Waals surface area contributed by atoms with Gasteiger partial charge in [0.1, 0.15) is 5.60 Å². The van der Waals surface area contributed by atoms with Gasteiger partial charge in [0, 0.05) is 23.3 Å². The molecule has 3 aromatic rings. The number of carbonyl (C=O) groups excluding carboxylic acids is 2. The second kappa shape index (κ2) is 13.3. The van der Waals surface area contributed by atoms with Crippen molar-refractivity contribution < 1.29 is 22.7 Å². The molecule has 3 aromatic carbocycles. The number of amides is 3. The average molecular weight is 606 g/mol. The van der Waals surface area contributed by atoms with Crippen LogP contribution in [0, 0.1) is 11.3 Å². The smallest absolute Gasteiger partial charge is 0.434 e. The molecule has 0 bridgehead atoms. The molecule has 11 heteroatoms. The van der Waals surface area contributed by atoms with Crippen molar-refractivity contribution in [3.8, 4) is 17.2 Å². The Morgan fingerprint density at radius 3 is 2.16 bits per heavy atom. The maximum atomic E-state index is 13.6. The maximum absolute atomic E-state index is 13.6. The quantitative estimate of drug-likeness (QED) is 0.282. The molecule has 0 fully saturated rings. The van der Waals surface area contributed by atoms with E-state index in [9.17, 15) is 23.3 Å². The Labute approximate surface area is 254 Å². The fourth-order valence-electron chi connectivity index (χ4n) is 4.18. The van der Waals surface area contributed by atoms with Crippen LogP contribution in [0.2, 0.25) is 0 Å². The van der Waals surface area contributed by atoms with E-state index in [1.807, 2.05) is 6.92 Å². The van der Waals surface area contributed by atoms with Gasteiger partial charge in [0.2, 0.25) is 10.0 Å². The zero-order valence-corrected chi connectivity index (χ0v) is 26.5. The van der Waals surface area contributed by atoms with E-state index in [0.717, 1.165) is 5.01 Å². The van der Waals surface area contributed by atoms with Crippen molar-refractivity contribution in [3.63, 3.8) is 0 Å². The molecule has 10 nitrogen and oxygen atoms in total. The maximum Gasteiger partial charge on any atom is 0.434 e. The molecule has 2 N–H and O–H groups in total. The van der Waals surface area contributed by atoms with E-state index < -0.39 is 33.3 Å². The monoisotopic (exact) mass is 605 g/mol. The minimum Gasteiger partial charge on any atom is -0.442 e. The summed E-state index contributed by atoms with van der Waals surface area (Å²) in [5.41, 5.74) is 0.706. The Kier molecular flexibility index (Phi) is 10.2. The van der Waals surface area contributed by atoms with Crippen LogP contribution in [0.3, 0.4) is 0 Å². The zero-order chi connectivity index (χ0) is 32.0. The van der Waals surface area contributed by atoms with Crippen molar-refractivity contribution in [1.82, 2.24) is 9.73 Å². The molecule has 0 heterocycles. The molecule has 0 aromatic heterocycles. The lowest BCUT2D eigenvalue weighted by Gasteiger charge is -2.35. The van der Waals surface area contributed by atoms with E-state index in [1.165, 1.54) is 11.1 Å². The van der Waals surface area contributed by atoms with Gasteiger partial charge >= 0.3 is 12.1 Å². The third-order valence-electron chi connectivity index (χ3n) is 5.76. The van der Waals surface area contributed by atoms with E-state index in [1.54, 1.807) is 108 Å². The Hall–Kier alpha value is -4.40. The Balaban J connectivity index is 1.94. The van der Waals surface area contributed by atoms with Crippen LogP contribution in [0.25, 0.3) is 11.1 Å². The summed E-state index contributed by atoms with van der Waals surface area (Å²) in [5.74, 6) is 0. The van der Waals surface area contributed by atoms with Gasteiger partial charge in [-0.25, -0.2) is 27.7 Å². The number of benzene rings is 3. The molecule has 0 aliphatic heterocycles. The fourth-order valence-corrected chi connectivity index (χ4v) is 5.83. The van der Waals surface area contributed by atoms with Crippen molar-refractivity contribution in [3.05, 3.63) is 78.4 Å². The largest absolute Gasteiger partial charge is 0.442 e. The summed E-state index contributed by atoms with van der Waals surface area (Å²) < 4.78 is 34.5. The first kappa shape index (κ1) is 33.1. The van der Waals surface area contributed by atoms with Gasteiger partial charge in [0.15, 0.2) is 0 Å². The van der Waals surface area contributed by atoms with E-state index in [-0.39, 0.29) is 11.4 Å². The van der Waals surface area contributed by atoms with E-state index in [2.05, 4.69) is 16.1 Å². The second-order valence-electron chi connectivity index (χ2n) is 11.9. The van der Waals surface area contributed by atoms with Gasteiger partial charge in [0.05, 0.1) is 22.2 Å². The predicted molar refractivity (Wildman–Crippen MR) is 168 cm³/mol. The molecule has 3 amide bonds. The van der Waals surface area contributed by atoms with E-state index in [0.29, 0.717) is 34.5 Å². The first-order chi connectivity index (χ1) is 20.0. The molecule has 228 valence electrons. The highest BCUT2D eigenvalue weighted by molar-refractivity contribution is 7.89. The fraction of sp³-hybridized carbons (Fsp3) is 0.344. The highest BCUT2D eigenvalue weighted by Gasteiger charge is 2.32. The van der Waals surface area contributed by atoms with Gasteiger partial charge in [-0.3, -0.25) is 0 Å². The van der Waals surface area contributed by atoms with Crippen LogP contribution in [0.5, 0.6) is 0 Å². The predicted octanol–water partition coefficient (Wildman–Crippen LogP) is 6.90. The van der Waals surface area contributed by atoms with Crippen molar-refractivity contribution in [2.45, 2.75) is 70.9 Å². The van der Waals surface area contributed by atoms with Crippen LogP contribution < -0.4 is 15.0 Å². The summed E-state index contributed by atoms with van der Waals surface area (Å²) in [5, 5.41) is 14.6. The average Bonchev–Trinajstić information content (AvgIpc) is 2.91. The second-order valence-corrected chi connectivity index (χ2v) is 13.6. The molecular formula is C32H39N5O5S. The molecular weight excluding hydrogens is 566 g/mol. The van der Waals surface area contributed by atoms with Crippen molar-refractivity contribution in [2.24, 2.45) is 0 Å². The molecule has 0 unspecified atom stereocenters. The standard InChI is InChI=1S/C32H39N5O5S/c1-8-20-36(37(30(39)42-32(5,6)7)26-13-11-12-23(21-26)22-33)29(38)34-25-18-16-24(17-19-25)27-14-9-10-15-28(27)43(40,41)35-31(2,3)4/h9-19,21,35H,8,20H2,1-7H3,(H,34,38). The highest BCUT2D eigenvalue weighted by atomic mass is 32.2. The minimum atomic E-state index is -3.80. The van der Waals surface area contributed by atoms with Crippen LogP contribution in [0.4, 0.5) is 21.0 Å². The molecule has 0 spiro atoms. The van der Waals surface area contributed by atoms with Gasteiger partial charge in [-0.2, -0.15) is 10.3 Å². The summed E-state index contributed by atoms with van der Waals surface area (Å²) in [6.07, 6.45) is -0.250. The first-order valence-corrected chi connectivity index (χ1v) is 15.4. The molecule has 0 radical (unpaired) electrons. The number of hydrogen-bond donors (Lipinski definition) is 2. The summed E-state index contributed by atoms with van der Waals surface area (Å²) >= 11 is 0. The number of anilines is 2.